The number of hydrogen-bond acceptors (Lipinski definition) is 3. The molecule has 2 N–H and O–H groups in total. The predicted octanol–water partition coefficient (Wildman–Crippen LogP) is 2.77. The van der Waals surface area contributed by atoms with Crippen LogP contribution in [0.25, 0.3) is 11.0 Å². The second-order valence-electron chi connectivity index (χ2n) is 5.52. The van der Waals surface area contributed by atoms with Gasteiger partial charge in [-0.25, -0.2) is 4.79 Å². The van der Waals surface area contributed by atoms with Gasteiger partial charge in [-0.3, -0.25) is 0 Å². The molecule has 1 atom stereocenters. The quantitative estimate of drug-likeness (QED) is 0.737. The van der Waals surface area contributed by atoms with Crippen molar-refractivity contribution in [1.82, 2.24) is 0 Å². The normalized spacial score (nSPS) is 12.6. The average Bonchev–Trinajstić information content (AvgIpc) is 3.05. The van der Waals surface area contributed by atoms with Crippen LogP contribution >= 0.6 is 0 Å². The van der Waals surface area contributed by atoms with Gasteiger partial charge < -0.3 is 14.2 Å². The minimum Gasteiger partial charge on any atom is -0.463 e. The Bertz CT molecular complexity index is 818. The van der Waals surface area contributed by atoms with Crippen molar-refractivity contribution in [2.24, 2.45) is 0 Å². The third-order valence-corrected chi connectivity index (χ3v) is 3.99. The second-order valence-corrected chi connectivity index (χ2v) is 5.52. The summed E-state index contributed by atoms with van der Waals surface area (Å²) in [4.78, 5) is 11.8. The molecule has 0 spiro atoms. The van der Waals surface area contributed by atoms with Gasteiger partial charge in [-0.15, -0.1) is 0 Å². The third-order valence-electron chi connectivity index (χ3n) is 3.99. The Hall–Kier alpha value is -2.33. The molecule has 22 heavy (non-hydrogen) atoms. The molecule has 0 aliphatic carbocycles. The summed E-state index contributed by atoms with van der Waals surface area (Å²) in [5, 5.41) is 3.15. The van der Waals surface area contributed by atoms with Crippen LogP contribution in [-0.2, 0) is 13.0 Å². The zero-order valence-corrected chi connectivity index (χ0v) is 12.8. The lowest BCUT2D eigenvalue weighted by molar-refractivity contribution is -0.709. The highest BCUT2D eigenvalue weighted by molar-refractivity contribution is 5.80. The first-order valence-electron chi connectivity index (χ1n) is 7.59. The lowest BCUT2D eigenvalue weighted by Gasteiger charge is -2.10. The molecule has 0 aliphatic heterocycles. The van der Waals surface area contributed by atoms with E-state index in [1.807, 2.05) is 24.3 Å². The van der Waals surface area contributed by atoms with Gasteiger partial charge in [0.05, 0.1) is 6.26 Å². The fourth-order valence-electron chi connectivity index (χ4n) is 2.63. The summed E-state index contributed by atoms with van der Waals surface area (Å²) in [6.45, 7) is 4.87. The molecule has 0 amide bonds. The SMILES string of the molecule is CCc1ccc2c(C[NH2+][C@H](C)c3ccco3)cc(=O)oc2c1. The average molecular weight is 298 g/mol. The highest BCUT2D eigenvalue weighted by Crippen LogP contribution is 2.19. The van der Waals surface area contributed by atoms with E-state index in [9.17, 15) is 4.79 Å². The Balaban J connectivity index is 1.88. The zero-order chi connectivity index (χ0) is 15.5. The fourth-order valence-corrected chi connectivity index (χ4v) is 2.63. The molecule has 0 radical (unpaired) electrons. The van der Waals surface area contributed by atoms with Gasteiger partial charge in [-0.05, 0) is 37.1 Å². The number of rotatable bonds is 5. The van der Waals surface area contributed by atoms with E-state index in [4.69, 9.17) is 8.83 Å². The van der Waals surface area contributed by atoms with Crippen molar-refractivity contribution >= 4 is 11.0 Å². The monoisotopic (exact) mass is 298 g/mol. The number of aryl methyl sites for hydroxylation is 1. The minimum absolute atomic E-state index is 0.201. The zero-order valence-electron chi connectivity index (χ0n) is 12.8. The summed E-state index contributed by atoms with van der Waals surface area (Å²) < 4.78 is 10.7. The van der Waals surface area contributed by atoms with Crippen molar-refractivity contribution in [3.63, 3.8) is 0 Å². The van der Waals surface area contributed by atoms with Crippen LogP contribution in [0.3, 0.4) is 0 Å². The first-order chi connectivity index (χ1) is 10.7. The van der Waals surface area contributed by atoms with Gasteiger partial charge in [-0.2, -0.15) is 0 Å². The first kappa shape index (κ1) is 14.6. The third kappa shape index (κ3) is 2.97. The lowest BCUT2D eigenvalue weighted by Crippen LogP contribution is -2.83. The maximum Gasteiger partial charge on any atom is 0.336 e. The van der Waals surface area contributed by atoms with Crippen LogP contribution in [0.2, 0.25) is 0 Å². The van der Waals surface area contributed by atoms with Crippen LogP contribution in [0.1, 0.15) is 36.8 Å². The number of fused-ring (bicyclic) bond motifs is 1. The number of benzene rings is 1. The maximum absolute atomic E-state index is 11.8. The molecule has 114 valence electrons. The summed E-state index contributed by atoms with van der Waals surface area (Å²) in [6.07, 6.45) is 2.60. The molecule has 1 aromatic carbocycles. The largest absolute Gasteiger partial charge is 0.463 e. The van der Waals surface area contributed by atoms with Crippen LogP contribution in [0.4, 0.5) is 0 Å². The van der Waals surface area contributed by atoms with E-state index in [0.29, 0.717) is 12.1 Å². The van der Waals surface area contributed by atoms with E-state index in [2.05, 4.69) is 25.2 Å². The van der Waals surface area contributed by atoms with Crippen molar-refractivity contribution < 1.29 is 14.2 Å². The lowest BCUT2D eigenvalue weighted by atomic mass is 10.1. The summed E-state index contributed by atoms with van der Waals surface area (Å²) in [7, 11) is 0. The number of quaternary nitrogens is 1. The molecule has 4 nitrogen and oxygen atoms in total. The minimum atomic E-state index is -0.296. The molecule has 3 rings (SSSR count). The molecule has 0 aliphatic rings. The number of nitrogens with two attached hydrogens (primary N) is 1. The molecular formula is C18H20NO3+. The van der Waals surface area contributed by atoms with E-state index in [-0.39, 0.29) is 11.7 Å². The number of furan rings is 1. The highest BCUT2D eigenvalue weighted by atomic mass is 16.4. The van der Waals surface area contributed by atoms with Gasteiger partial charge in [0.25, 0.3) is 0 Å². The molecule has 0 saturated heterocycles. The Morgan fingerprint density at radius 2 is 2.09 bits per heavy atom. The molecule has 0 unspecified atom stereocenters. The molecular weight excluding hydrogens is 278 g/mol. The molecule has 0 fully saturated rings. The molecule has 2 heterocycles. The van der Waals surface area contributed by atoms with Crippen LogP contribution < -0.4 is 10.9 Å². The first-order valence-corrected chi connectivity index (χ1v) is 7.59. The van der Waals surface area contributed by atoms with Crippen molar-refractivity contribution in [3.8, 4) is 0 Å². The molecule has 3 aromatic rings. The predicted molar refractivity (Wildman–Crippen MR) is 84.6 cm³/mol. The molecule has 0 saturated carbocycles. The van der Waals surface area contributed by atoms with Crippen LogP contribution in [0.5, 0.6) is 0 Å². The summed E-state index contributed by atoms with van der Waals surface area (Å²) >= 11 is 0. The second kappa shape index (κ2) is 6.20. The molecule has 4 heteroatoms. The van der Waals surface area contributed by atoms with Crippen LogP contribution in [0, 0.1) is 0 Å². The highest BCUT2D eigenvalue weighted by Gasteiger charge is 2.13. The maximum atomic E-state index is 11.8. The van der Waals surface area contributed by atoms with Crippen molar-refractivity contribution in [2.75, 3.05) is 0 Å². The smallest absolute Gasteiger partial charge is 0.336 e. The Kier molecular flexibility index (Phi) is 4.11. The van der Waals surface area contributed by atoms with Gasteiger partial charge >= 0.3 is 5.63 Å². The van der Waals surface area contributed by atoms with Crippen molar-refractivity contribution in [2.45, 2.75) is 32.9 Å². The van der Waals surface area contributed by atoms with E-state index in [1.54, 1.807) is 12.3 Å². The van der Waals surface area contributed by atoms with E-state index >= 15 is 0 Å². The van der Waals surface area contributed by atoms with Gasteiger partial charge in [0.2, 0.25) is 0 Å². The molecule has 0 bridgehead atoms. The van der Waals surface area contributed by atoms with Crippen LogP contribution in [-0.4, -0.2) is 0 Å². The molecule has 2 aromatic heterocycles. The van der Waals surface area contributed by atoms with Crippen LogP contribution in [0.15, 0.2) is 56.3 Å². The summed E-state index contributed by atoms with van der Waals surface area (Å²) in [5.74, 6) is 0.931. The topological polar surface area (TPSA) is 60.0 Å². The fraction of sp³-hybridized carbons (Fsp3) is 0.278. The number of hydrogen-bond donors (Lipinski definition) is 1. The van der Waals surface area contributed by atoms with Gasteiger partial charge in [0, 0.05) is 17.0 Å². The van der Waals surface area contributed by atoms with Crippen molar-refractivity contribution in [3.05, 3.63) is 70.0 Å². The van der Waals surface area contributed by atoms with Gasteiger partial charge in [0.1, 0.15) is 18.2 Å². The van der Waals surface area contributed by atoms with E-state index in [1.165, 1.54) is 5.56 Å². The Morgan fingerprint density at radius 1 is 1.23 bits per heavy atom. The Morgan fingerprint density at radius 3 is 2.82 bits per heavy atom. The Labute approximate surface area is 128 Å². The summed E-state index contributed by atoms with van der Waals surface area (Å²) in [6, 6.07) is 11.7. The van der Waals surface area contributed by atoms with Gasteiger partial charge in [0.15, 0.2) is 5.76 Å². The van der Waals surface area contributed by atoms with Gasteiger partial charge in [-0.1, -0.05) is 19.1 Å². The summed E-state index contributed by atoms with van der Waals surface area (Å²) in [5.41, 5.74) is 2.53. The van der Waals surface area contributed by atoms with Crippen molar-refractivity contribution in [1.29, 1.82) is 0 Å². The standard InChI is InChI=1S/C18H19NO3/c1-3-13-6-7-15-14(10-18(20)22-17(15)9-13)11-19-12(2)16-5-4-8-21-16/h4-10,12,19H,3,11H2,1-2H3/p+1/t12-/m1/s1. The van der Waals surface area contributed by atoms with E-state index < -0.39 is 0 Å². The van der Waals surface area contributed by atoms with E-state index in [0.717, 1.165) is 23.1 Å².